The number of esters is 1. The number of likely N-dealkylation sites (N-methyl/N-ethyl adjacent to an activating group) is 1. The fraction of sp³-hybridized carbons (Fsp3) is 0.854. The molecule has 3 aliphatic rings. The molecule has 0 saturated carbocycles. The van der Waals surface area contributed by atoms with Crippen LogP contribution in [0, 0.1) is 23.7 Å². The van der Waals surface area contributed by atoms with Crippen molar-refractivity contribution < 1.29 is 73.0 Å². The Bertz CT molecular complexity index is 1300. The molecule has 2 saturated heterocycles. The van der Waals surface area contributed by atoms with Crippen molar-refractivity contribution in [2.24, 2.45) is 23.7 Å². The van der Waals surface area contributed by atoms with Gasteiger partial charge in [-0.25, -0.2) is 0 Å². The van der Waals surface area contributed by atoms with Crippen molar-refractivity contribution in [1.82, 2.24) is 4.90 Å². The van der Waals surface area contributed by atoms with Crippen LogP contribution in [0.3, 0.4) is 0 Å². The Morgan fingerprint density at radius 2 is 1.51 bits per heavy atom. The average Bonchev–Trinajstić information content (AvgIpc) is 3.15. The minimum absolute atomic E-state index is 0.00851. The van der Waals surface area contributed by atoms with Crippen LogP contribution in [0.2, 0.25) is 0 Å². The number of ketones is 1. The van der Waals surface area contributed by atoms with E-state index in [-0.39, 0.29) is 31.8 Å². The average molecular weight is 818 g/mol. The van der Waals surface area contributed by atoms with Crippen molar-refractivity contribution >= 4 is 11.8 Å². The van der Waals surface area contributed by atoms with Gasteiger partial charge in [0.15, 0.2) is 24.7 Å². The summed E-state index contributed by atoms with van der Waals surface area (Å²) < 4.78 is 47.4. The summed E-state index contributed by atoms with van der Waals surface area (Å²) in [6.45, 7) is 12.5. The van der Waals surface area contributed by atoms with Gasteiger partial charge in [-0.3, -0.25) is 9.59 Å². The van der Waals surface area contributed by atoms with E-state index in [0.717, 1.165) is 0 Å². The molecule has 0 aromatic heterocycles. The third-order valence-electron chi connectivity index (χ3n) is 11.6. The van der Waals surface area contributed by atoms with Crippen molar-refractivity contribution in [3.05, 3.63) is 23.8 Å². The number of hydrogen-bond acceptors (Lipinski definition) is 16. The van der Waals surface area contributed by atoms with E-state index in [1.54, 1.807) is 59.7 Å². The first-order valence-electron chi connectivity index (χ1n) is 20.3. The van der Waals surface area contributed by atoms with Crippen LogP contribution < -0.4 is 0 Å². The van der Waals surface area contributed by atoms with Crippen LogP contribution in [-0.2, 0) is 47.5 Å². The van der Waals surface area contributed by atoms with Gasteiger partial charge in [-0.05, 0) is 66.6 Å². The van der Waals surface area contributed by atoms with Crippen LogP contribution in [0.15, 0.2) is 23.8 Å². The Kier molecular flexibility index (Phi) is 20.1. The maximum Gasteiger partial charge on any atom is 0.308 e. The fourth-order valence-corrected chi connectivity index (χ4v) is 8.15. The van der Waals surface area contributed by atoms with Gasteiger partial charge in [0.1, 0.15) is 30.5 Å². The van der Waals surface area contributed by atoms with Gasteiger partial charge in [0.05, 0.1) is 49.6 Å². The Balaban J connectivity index is 2.01. The molecule has 0 bridgehead atoms. The van der Waals surface area contributed by atoms with Gasteiger partial charge in [0.25, 0.3) is 0 Å². The van der Waals surface area contributed by atoms with E-state index in [2.05, 4.69) is 0 Å². The lowest BCUT2D eigenvalue weighted by atomic mass is 9.79. The summed E-state index contributed by atoms with van der Waals surface area (Å²) in [6.07, 6.45) is -7.40. The first-order chi connectivity index (χ1) is 26.9. The minimum Gasteiger partial charge on any atom is -0.462 e. The molecule has 0 aliphatic carbocycles. The number of carbonyl (C=O) groups is 2. The molecule has 2 fully saturated rings. The molecule has 0 spiro atoms. The minimum atomic E-state index is -1.33. The molecule has 330 valence electrons. The highest BCUT2D eigenvalue weighted by molar-refractivity contribution is 5.91. The number of nitrogens with zero attached hydrogens (tertiary/aromatic N) is 1. The molecular formula is C41H71NO15. The number of hydrogen-bond donors (Lipinski definition) is 5. The largest absolute Gasteiger partial charge is 0.462 e. The molecule has 0 aromatic carbocycles. The summed E-state index contributed by atoms with van der Waals surface area (Å²) in [7, 11) is 6.38. The van der Waals surface area contributed by atoms with Crippen molar-refractivity contribution in [2.75, 3.05) is 41.5 Å². The first kappa shape index (κ1) is 49.5. The first-order valence-corrected chi connectivity index (χ1v) is 20.3. The number of aliphatic hydroxyl groups is 5. The summed E-state index contributed by atoms with van der Waals surface area (Å²) in [6, 6.07) is -0.751. The maximum atomic E-state index is 13.7. The second-order valence-electron chi connectivity index (χ2n) is 16.1. The normalized spacial score (nSPS) is 42.6. The smallest absolute Gasteiger partial charge is 0.308 e. The molecule has 2 unspecified atom stereocenters. The van der Waals surface area contributed by atoms with Gasteiger partial charge in [0.2, 0.25) is 0 Å². The highest BCUT2D eigenvalue weighted by Gasteiger charge is 2.48. The van der Waals surface area contributed by atoms with Crippen LogP contribution in [0.1, 0.15) is 74.1 Å². The predicted octanol–water partition coefficient (Wildman–Crippen LogP) is 1.72. The molecule has 3 aliphatic heterocycles. The molecular weight excluding hydrogens is 746 g/mol. The van der Waals surface area contributed by atoms with Crippen LogP contribution in [0.5, 0.6) is 0 Å². The summed E-state index contributed by atoms with van der Waals surface area (Å²) in [5.74, 6) is -3.44. The topological polar surface area (TPSA) is 212 Å². The van der Waals surface area contributed by atoms with Gasteiger partial charge in [-0.1, -0.05) is 38.5 Å². The Hall–Kier alpha value is -1.90. The van der Waals surface area contributed by atoms with Crippen molar-refractivity contribution in [3.8, 4) is 0 Å². The van der Waals surface area contributed by atoms with Crippen molar-refractivity contribution in [3.63, 3.8) is 0 Å². The lowest BCUT2D eigenvalue weighted by Crippen LogP contribution is -2.63. The quantitative estimate of drug-likeness (QED) is 0.132. The highest BCUT2D eigenvalue weighted by atomic mass is 16.7. The van der Waals surface area contributed by atoms with Gasteiger partial charge in [-0.2, -0.15) is 0 Å². The van der Waals surface area contributed by atoms with Crippen molar-refractivity contribution in [1.29, 1.82) is 0 Å². The Morgan fingerprint density at radius 1 is 0.877 bits per heavy atom. The number of rotatable bonds is 13. The third kappa shape index (κ3) is 13.3. The van der Waals surface area contributed by atoms with Crippen molar-refractivity contribution in [2.45, 2.75) is 160 Å². The summed E-state index contributed by atoms with van der Waals surface area (Å²) >= 11 is 0. The number of methoxy groups -OCH3 is 2. The molecule has 5 N–H and O–H groups in total. The summed E-state index contributed by atoms with van der Waals surface area (Å²) in [4.78, 5) is 29.1. The van der Waals surface area contributed by atoms with Crippen LogP contribution in [-0.4, -0.2) is 170 Å². The van der Waals surface area contributed by atoms with E-state index in [1.165, 1.54) is 20.3 Å². The molecule has 3 heterocycles. The van der Waals surface area contributed by atoms with Crippen LogP contribution in [0.25, 0.3) is 0 Å². The maximum absolute atomic E-state index is 13.7. The van der Waals surface area contributed by atoms with Gasteiger partial charge in [0, 0.05) is 45.0 Å². The number of allylic oxidation sites excluding steroid dienone is 3. The molecule has 0 aromatic rings. The zero-order valence-corrected chi connectivity index (χ0v) is 35.6. The van der Waals surface area contributed by atoms with Gasteiger partial charge >= 0.3 is 5.97 Å². The second kappa shape index (κ2) is 23.2. The molecule has 16 heteroatoms. The highest BCUT2D eigenvalue weighted by Crippen LogP contribution is 2.36. The monoisotopic (exact) mass is 817 g/mol. The van der Waals surface area contributed by atoms with E-state index in [0.29, 0.717) is 12.0 Å². The number of ether oxygens (including phenoxy) is 8. The van der Waals surface area contributed by atoms with E-state index in [1.807, 2.05) is 19.9 Å². The summed E-state index contributed by atoms with van der Waals surface area (Å²) in [5.41, 5.74) is 0.700. The second-order valence-corrected chi connectivity index (χ2v) is 16.1. The zero-order chi connectivity index (χ0) is 42.7. The lowest BCUT2D eigenvalue weighted by Gasteiger charge is -2.46. The van der Waals surface area contributed by atoms with E-state index in [9.17, 15) is 35.1 Å². The number of aliphatic hydroxyl groups excluding tert-OH is 5. The molecule has 18 atom stereocenters. The van der Waals surface area contributed by atoms with Gasteiger partial charge in [-0.15, -0.1) is 0 Å². The molecule has 0 radical (unpaired) electrons. The summed E-state index contributed by atoms with van der Waals surface area (Å²) in [5, 5.41) is 55.5. The third-order valence-corrected chi connectivity index (χ3v) is 11.6. The lowest BCUT2D eigenvalue weighted by molar-refractivity contribution is -0.305. The number of carbonyl (C=O) groups excluding carboxylic acids is 2. The number of cyclic esters (lactones) is 1. The molecule has 16 nitrogen and oxygen atoms in total. The predicted molar refractivity (Wildman–Crippen MR) is 207 cm³/mol. The Morgan fingerprint density at radius 3 is 2.11 bits per heavy atom. The molecule has 0 amide bonds. The van der Waals surface area contributed by atoms with E-state index < -0.39 is 122 Å². The zero-order valence-electron chi connectivity index (χ0n) is 35.6. The van der Waals surface area contributed by atoms with E-state index >= 15 is 0 Å². The van der Waals surface area contributed by atoms with Crippen LogP contribution >= 0.6 is 0 Å². The Labute approximate surface area is 338 Å². The van der Waals surface area contributed by atoms with Gasteiger partial charge < -0.3 is 68.3 Å². The SMILES string of the molecule is CCOC(O)C[C@H]1C[C@@H](C)C(=O)/C=C/C(C)=C/[C@H](COC2O[C@H](C)[C@@H](O)[C@@H](OC)[C@H]2OC)[C@@H](CC)OC(=O)C[C@@H](O)[C@H](C)[C@H]1O[C@@H]1O[C@H](C)[C@@H](O)[C@H](N(C)C)[C@H]1O. The molecule has 57 heavy (non-hydrogen) atoms. The molecule has 3 rings (SSSR count). The van der Waals surface area contributed by atoms with E-state index in [4.69, 9.17) is 37.9 Å². The fourth-order valence-electron chi connectivity index (χ4n) is 8.15. The van der Waals surface area contributed by atoms with Crippen LogP contribution in [0.4, 0.5) is 0 Å². The standard InChI is InChI=1S/C41H71NO15/c1-12-30-27(20-53-41-39(51-11)38(50-10)35(48)25(7)55-41)16-21(3)14-15-28(43)22(4)17-26(18-31(45)52-13-2)37(23(5)29(44)19-32(46)56-30)57-40-36(49)33(42(8)9)34(47)24(6)54-40/h14-16,22-27,29-31,33-41,44-45,47-49H,12-13,17-20H2,1-11H3/b15-14+,21-16+/t22-,23+,24-,25-,26-,27-,29-,30-,31?,33+,34-,35-,36-,37-,38-,39-,40+,41?/m1/s1.